The molecule has 0 aromatic heterocycles. The van der Waals surface area contributed by atoms with Crippen molar-refractivity contribution >= 4 is 0 Å². The largest absolute Gasteiger partial charge is 0.350 e. The standard InChI is InChI=1S/C13H25NO2/c1-11(2)10-12-4-3-6-14(12)7-5-13-15-8-9-16-13/h11-13H,3-10H2,1-2H3. The van der Waals surface area contributed by atoms with E-state index in [0.717, 1.165) is 38.1 Å². The molecule has 2 aliphatic heterocycles. The van der Waals surface area contributed by atoms with Crippen LogP contribution in [0.25, 0.3) is 0 Å². The molecule has 3 heteroatoms. The third kappa shape index (κ3) is 3.44. The molecule has 16 heavy (non-hydrogen) atoms. The molecule has 0 amide bonds. The van der Waals surface area contributed by atoms with Gasteiger partial charge in [0.25, 0.3) is 0 Å². The molecule has 0 N–H and O–H groups in total. The Morgan fingerprint density at radius 1 is 1.25 bits per heavy atom. The molecule has 1 atom stereocenters. The molecule has 3 nitrogen and oxygen atoms in total. The smallest absolute Gasteiger partial charge is 0.159 e. The van der Waals surface area contributed by atoms with Crippen LogP contribution in [0, 0.1) is 5.92 Å². The fourth-order valence-corrected chi connectivity index (χ4v) is 2.85. The number of rotatable bonds is 5. The molecule has 0 bridgehead atoms. The van der Waals surface area contributed by atoms with Crippen molar-refractivity contribution in [2.45, 2.75) is 51.9 Å². The van der Waals surface area contributed by atoms with Gasteiger partial charge in [-0.05, 0) is 31.7 Å². The van der Waals surface area contributed by atoms with Crippen LogP contribution >= 0.6 is 0 Å². The van der Waals surface area contributed by atoms with Crippen molar-refractivity contribution in [3.8, 4) is 0 Å². The Balaban J connectivity index is 1.70. The average Bonchev–Trinajstić information content (AvgIpc) is 2.84. The highest BCUT2D eigenvalue weighted by molar-refractivity contribution is 4.80. The van der Waals surface area contributed by atoms with Crippen molar-refractivity contribution in [3.05, 3.63) is 0 Å². The zero-order chi connectivity index (χ0) is 11.4. The van der Waals surface area contributed by atoms with Crippen LogP contribution in [0.3, 0.4) is 0 Å². The fraction of sp³-hybridized carbons (Fsp3) is 1.00. The van der Waals surface area contributed by atoms with Crippen molar-refractivity contribution in [1.82, 2.24) is 4.90 Å². The molecule has 2 rings (SSSR count). The summed E-state index contributed by atoms with van der Waals surface area (Å²) < 4.78 is 11.0. The maximum atomic E-state index is 5.48. The number of nitrogens with zero attached hydrogens (tertiary/aromatic N) is 1. The lowest BCUT2D eigenvalue weighted by Crippen LogP contribution is -2.33. The molecule has 0 saturated carbocycles. The summed E-state index contributed by atoms with van der Waals surface area (Å²) in [6, 6.07) is 0.807. The van der Waals surface area contributed by atoms with Crippen LogP contribution in [0.2, 0.25) is 0 Å². The average molecular weight is 227 g/mol. The molecule has 0 aromatic rings. The highest BCUT2D eigenvalue weighted by Gasteiger charge is 2.26. The Morgan fingerprint density at radius 2 is 2.00 bits per heavy atom. The third-order valence-electron chi connectivity index (χ3n) is 3.59. The lowest BCUT2D eigenvalue weighted by molar-refractivity contribution is -0.0522. The van der Waals surface area contributed by atoms with Gasteiger partial charge in [0.2, 0.25) is 0 Å². The van der Waals surface area contributed by atoms with Gasteiger partial charge in [0, 0.05) is 19.0 Å². The Labute approximate surface area is 99.1 Å². The molecule has 0 spiro atoms. The van der Waals surface area contributed by atoms with Gasteiger partial charge < -0.3 is 14.4 Å². The predicted molar refractivity (Wildman–Crippen MR) is 64.4 cm³/mol. The van der Waals surface area contributed by atoms with Gasteiger partial charge in [0.15, 0.2) is 6.29 Å². The zero-order valence-electron chi connectivity index (χ0n) is 10.7. The zero-order valence-corrected chi connectivity index (χ0v) is 10.7. The minimum absolute atomic E-state index is 0.0697. The fourth-order valence-electron chi connectivity index (χ4n) is 2.85. The van der Waals surface area contributed by atoms with Gasteiger partial charge in [0.05, 0.1) is 13.2 Å². The van der Waals surface area contributed by atoms with E-state index in [1.165, 1.54) is 25.8 Å². The second-order valence-corrected chi connectivity index (χ2v) is 5.42. The molecular weight excluding hydrogens is 202 g/mol. The molecule has 94 valence electrons. The quantitative estimate of drug-likeness (QED) is 0.719. The van der Waals surface area contributed by atoms with Crippen molar-refractivity contribution in [2.24, 2.45) is 5.92 Å². The third-order valence-corrected chi connectivity index (χ3v) is 3.59. The van der Waals surface area contributed by atoms with Crippen molar-refractivity contribution in [3.63, 3.8) is 0 Å². The van der Waals surface area contributed by atoms with Crippen LogP contribution in [0.5, 0.6) is 0 Å². The van der Waals surface area contributed by atoms with Gasteiger partial charge in [-0.3, -0.25) is 0 Å². The highest BCUT2D eigenvalue weighted by atomic mass is 16.7. The van der Waals surface area contributed by atoms with E-state index in [2.05, 4.69) is 18.7 Å². The van der Waals surface area contributed by atoms with E-state index in [1.54, 1.807) is 0 Å². The Hall–Kier alpha value is -0.120. The second-order valence-electron chi connectivity index (χ2n) is 5.42. The molecule has 2 aliphatic rings. The summed E-state index contributed by atoms with van der Waals surface area (Å²) in [5.74, 6) is 0.810. The summed E-state index contributed by atoms with van der Waals surface area (Å²) in [4.78, 5) is 2.63. The monoisotopic (exact) mass is 227 g/mol. The molecule has 2 saturated heterocycles. The Kier molecular flexibility index (Phi) is 4.62. The number of likely N-dealkylation sites (tertiary alicyclic amines) is 1. The van der Waals surface area contributed by atoms with E-state index in [0.29, 0.717) is 0 Å². The van der Waals surface area contributed by atoms with Gasteiger partial charge in [-0.2, -0.15) is 0 Å². The topological polar surface area (TPSA) is 21.7 Å². The van der Waals surface area contributed by atoms with Gasteiger partial charge in [-0.15, -0.1) is 0 Å². The minimum atomic E-state index is 0.0697. The van der Waals surface area contributed by atoms with E-state index >= 15 is 0 Å². The first-order valence-electron chi connectivity index (χ1n) is 6.73. The summed E-state index contributed by atoms with van der Waals surface area (Å²) in [5, 5.41) is 0. The Morgan fingerprint density at radius 3 is 2.69 bits per heavy atom. The molecule has 2 fully saturated rings. The van der Waals surface area contributed by atoms with Gasteiger partial charge in [-0.1, -0.05) is 13.8 Å². The summed E-state index contributed by atoms with van der Waals surface area (Å²) in [5.41, 5.74) is 0. The molecule has 0 radical (unpaired) electrons. The van der Waals surface area contributed by atoms with Crippen LogP contribution in [-0.2, 0) is 9.47 Å². The normalized spacial score (nSPS) is 28.3. The van der Waals surface area contributed by atoms with Gasteiger partial charge >= 0.3 is 0 Å². The minimum Gasteiger partial charge on any atom is -0.350 e. The van der Waals surface area contributed by atoms with Crippen LogP contribution in [0.1, 0.15) is 39.5 Å². The maximum Gasteiger partial charge on any atom is 0.159 e. The maximum absolute atomic E-state index is 5.48. The lowest BCUT2D eigenvalue weighted by Gasteiger charge is -2.26. The van der Waals surface area contributed by atoms with E-state index in [1.807, 2.05) is 0 Å². The Bertz CT molecular complexity index is 202. The number of hydrogen-bond acceptors (Lipinski definition) is 3. The van der Waals surface area contributed by atoms with Crippen molar-refractivity contribution in [2.75, 3.05) is 26.3 Å². The molecular formula is C13H25NO2. The molecule has 0 aliphatic carbocycles. The molecule has 0 aromatic carbocycles. The van der Waals surface area contributed by atoms with Crippen LogP contribution in [0.4, 0.5) is 0 Å². The van der Waals surface area contributed by atoms with Crippen molar-refractivity contribution in [1.29, 1.82) is 0 Å². The highest BCUT2D eigenvalue weighted by Crippen LogP contribution is 2.24. The van der Waals surface area contributed by atoms with E-state index in [4.69, 9.17) is 9.47 Å². The van der Waals surface area contributed by atoms with Crippen molar-refractivity contribution < 1.29 is 9.47 Å². The van der Waals surface area contributed by atoms with E-state index in [9.17, 15) is 0 Å². The van der Waals surface area contributed by atoms with Gasteiger partial charge in [-0.25, -0.2) is 0 Å². The first-order valence-corrected chi connectivity index (χ1v) is 6.73. The summed E-state index contributed by atoms with van der Waals surface area (Å²) in [7, 11) is 0. The first kappa shape index (κ1) is 12.3. The molecule has 1 unspecified atom stereocenters. The van der Waals surface area contributed by atoms with Gasteiger partial charge in [0.1, 0.15) is 0 Å². The molecule has 2 heterocycles. The first-order chi connectivity index (χ1) is 7.75. The van der Waals surface area contributed by atoms with Crippen LogP contribution in [0.15, 0.2) is 0 Å². The summed E-state index contributed by atoms with van der Waals surface area (Å²) >= 11 is 0. The second kappa shape index (κ2) is 5.99. The lowest BCUT2D eigenvalue weighted by atomic mass is 10.0. The van der Waals surface area contributed by atoms with Crippen LogP contribution < -0.4 is 0 Å². The summed E-state index contributed by atoms with van der Waals surface area (Å²) in [6.45, 7) is 8.60. The number of hydrogen-bond donors (Lipinski definition) is 0. The van der Waals surface area contributed by atoms with E-state index in [-0.39, 0.29) is 6.29 Å². The predicted octanol–water partition coefficient (Wildman–Crippen LogP) is 2.26. The van der Waals surface area contributed by atoms with E-state index < -0.39 is 0 Å². The summed E-state index contributed by atoms with van der Waals surface area (Å²) in [6.07, 6.45) is 5.19. The SMILES string of the molecule is CC(C)CC1CCCN1CCC1OCCO1. The number of ether oxygens (including phenoxy) is 2. The van der Waals surface area contributed by atoms with Crippen LogP contribution in [-0.4, -0.2) is 43.5 Å².